The minimum Gasteiger partial charge on any atom is -0.444 e. The Morgan fingerprint density at radius 3 is 2.41 bits per heavy atom. The van der Waals surface area contributed by atoms with E-state index < -0.39 is 53.1 Å². The summed E-state index contributed by atoms with van der Waals surface area (Å²) in [6.45, 7) is 9.40. The van der Waals surface area contributed by atoms with Crippen LogP contribution in [0.1, 0.15) is 40.2 Å². The number of hydrogen-bond donors (Lipinski definition) is 0. The molecular formula is C30H33ClF4N4O4S. The summed E-state index contributed by atoms with van der Waals surface area (Å²) in [5, 5.41) is -0.187. The third-order valence-corrected chi connectivity index (χ3v) is 9.25. The number of piperazine rings is 1. The van der Waals surface area contributed by atoms with Crippen molar-refractivity contribution >= 4 is 46.2 Å². The SMILES string of the molecule is CO[C@@H]1CSc2c(-c3ccc(F)c(Cl)c3)c(C(F)(F)F)cc3c(N4C[C@@H](C)N(C(=O)OC(C)(C)C)C[C@@H]4C)nc(=O)n(c23)C1. The van der Waals surface area contributed by atoms with Gasteiger partial charge < -0.3 is 19.3 Å². The molecule has 2 aliphatic rings. The van der Waals surface area contributed by atoms with Gasteiger partial charge in [0.2, 0.25) is 0 Å². The molecule has 0 bridgehead atoms. The Hall–Kier alpha value is -3.03. The summed E-state index contributed by atoms with van der Waals surface area (Å²) < 4.78 is 71.2. The fourth-order valence-corrected chi connectivity index (χ4v) is 7.16. The molecule has 0 saturated carbocycles. The molecule has 2 aliphatic heterocycles. The highest BCUT2D eigenvalue weighted by Gasteiger charge is 2.40. The van der Waals surface area contributed by atoms with Crippen LogP contribution in [-0.2, 0) is 22.2 Å². The summed E-state index contributed by atoms with van der Waals surface area (Å²) in [4.78, 5) is 34.5. The van der Waals surface area contributed by atoms with Crippen LogP contribution in [0.3, 0.4) is 0 Å². The third-order valence-electron chi connectivity index (χ3n) is 7.73. The van der Waals surface area contributed by atoms with Crippen molar-refractivity contribution in [1.82, 2.24) is 14.5 Å². The summed E-state index contributed by atoms with van der Waals surface area (Å²) in [7, 11) is 1.47. The van der Waals surface area contributed by atoms with Crippen molar-refractivity contribution in [2.45, 2.75) is 76.0 Å². The first-order chi connectivity index (χ1) is 20.5. The zero-order valence-corrected chi connectivity index (χ0v) is 26.7. The first kappa shape index (κ1) is 32.4. The Labute approximate surface area is 261 Å². The molecule has 0 aliphatic carbocycles. The van der Waals surface area contributed by atoms with Crippen LogP contribution in [0, 0.1) is 5.82 Å². The second-order valence-corrected chi connectivity index (χ2v) is 13.6. The first-order valence-electron chi connectivity index (χ1n) is 14.1. The van der Waals surface area contributed by atoms with E-state index in [2.05, 4.69) is 4.98 Å². The molecule has 238 valence electrons. The van der Waals surface area contributed by atoms with Gasteiger partial charge in [0.1, 0.15) is 17.2 Å². The van der Waals surface area contributed by atoms with Gasteiger partial charge in [-0.05, 0) is 58.4 Å². The van der Waals surface area contributed by atoms with Crippen LogP contribution < -0.4 is 10.6 Å². The number of nitrogens with zero attached hydrogens (tertiary/aromatic N) is 4. The molecule has 14 heteroatoms. The van der Waals surface area contributed by atoms with Crippen molar-refractivity contribution in [2.75, 3.05) is 30.9 Å². The van der Waals surface area contributed by atoms with Gasteiger partial charge in [0, 0.05) is 53.9 Å². The lowest BCUT2D eigenvalue weighted by Crippen LogP contribution is -2.59. The molecule has 3 atom stereocenters. The van der Waals surface area contributed by atoms with Crippen LogP contribution in [0.15, 0.2) is 34.0 Å². The Morgan fingerprint density at radius 1 is 1.09 bits per heavy atom. The number of carbonyl (C=O) groups excluding carboxylic acids is 1. The summed E-state index contributed by atoms with van der Waals surface area (Å²) in [6, 6.07) is 3.62. The number of rotatable bonds is 3. The van der Waals surface area contributed by atoms with E-state index in [0.29, 0.717) is 0 Å². The van der Waals surface area contributed by atoms with Gasteiger partial charge in [-0.1, -0.05) is 17.7 Å². The van der Waals surface area contributed by atoms with Crippen molar-refractivity contribution in [3.05, 3.63) is 51.2 Å². The van der Waals surface area contributed by atoms with Crippen LogP contribution in [0.25, 0.3) is 22.0 Å². The van der Waals surface area contributed by atoms with Crippen molar-refractivity contribution in [1.29, 1.82) is 0 Å². The number of thioether (sulfide) groups is 1. The highest BCUT2D eigenvalue weighted by molar-refractivity contribution is 7.99. The average molecular weight is 657 g/mol. The van der Waals surface area contributed by atoms with Gasteiger partial charge in [0.05, 0.1) is 28.8 Å². The number of anilines is 1. The van der Waals surface area contributed by atoms with Gasteiger partial charge in [-0.15, -0.1) is 11.8 Å². The maximum atomic E-state index is 14.9. The molecule has 0 unspecified atom stereocenters. The maximum absolute atomic E-state index is 14.9. The number of halogens is 5. The van der Waals surface area contributed by atoms with Crippen molar-refractivity contribution in [3.63, 3.8) is 0 Å². The number of amides is 1. The highest BCUT2D eigenvalue weighted by atomic mass is 35.5. The van der Waals surface area contributed by atoms with Gasteiger partial charge in [0.25, 0.3) is 0 Å². The molecule has 0 spiro atoms. The maximum Gasteiger partial charge on any atom is 0.417 e. The second-order valence-electron chi connectivity index (χ2n) is 12.1. The molecule has 2 aromatic carbocycles. The van der Waals surface area contributed by atoms with Gasteiger partial charge in [-0.25, -0.2) is 14.0 Å². The van der Waals surface area contributed by atoms with E-state index in [1.165, 1.54) is 17.7 Å². The fourth-order valence-electron chi connectivity index (χ4n) is 5.66. The molecule has 3 heterocycles. The van der Waals surface area contributed by atoms with E-state index in [4.69, 9.17) is 21.1 Å². The molecule has 3 aromatic rings. The molecule has 0 radical (unpaired) electrons. The summed E-state index contributed by atoms with van der Waals surface area (Å²) in [6.07, 6.45) is -5.81. The number of hydrogen-bond acceptors (Lipinski definition) is 7. The number of carbonyl (C=O) groups is 1. The van der Waals surface area contributed by atoms with Crippen molar-refractivity contribution in [3.8, 4) is 11.1 Å². The number of ether oxygens (including phenoxy) is 2. The zero-order chi connectivity index (χ0) is 32.3. The molecule has 1 fully saturated rings. The van der Waals surface area contributed by atoms with Gasteiger partial charge >= 0.3 is 18.0 Å². The molecule has 44 heavy (non-hydrogen) atoms. The molecule has 5 rings (SSSR count). The third kappa shape index (κ3) is 6.10. The molecule has 8 nitrogen and oxygen atoms in total. The Balaban J connectivity index is 1.75. The minimum atomic E-state index is -4.82. The largest absolute Gasteiger partial charge is 0.444 e. The fraction of sp³-hybridized carbons (Fsp3) is 0.500. The van der Waals surface area contributed by atoms with E-state index in [1.54, 1.807) is 30.6 Å². The molecule has 1 aromatic heterocycles. The normalized spacial score (nSPS) is 21.0. The van der Waals surface area contributed by atoms with Crippen molar-refractivity contribution < 1.29 is 31.8 Å². The van der Waals surface area contributed by atoms with Gasteiger partial charge in [-0.2, -0.15) is 18.2 Å². The number of methoxy groups -OCH3 is 1. The zero-order valence-electron chi connectivity index (χ0n) is 25.1. The summed E-state index contributed by atoms with van der Waals surface area (Å²) >= 11 is 7.16. The predicted molar refractivity (Wildman–Crippen MR) is 162 cm³/mol. The number of alkyl halides is 3. The van der Waals surface area contributed by atoms with E-state index in [9.17, 15) is 27.2 Å². The van der Waals surface area contributed by atoms with E-state index in [-0.39, 0.29) is 63.2 Å². The quantitative estimate of drug-likeness (QED) is 0.286. The van der Waals surface area contributed by atoms with E-state index in [0.717, 1.165) is 30.0 Å². The lowest BCUT2D eigenvalue weighted by molar-refractivity contribution is -0.137. The second kappa shape index (κ2) is 11.7. The number of benzene rings is 2. The van der Waals surface area contributed by atoms with Crippen LogP contribution in [0.4, 0.5) is 28.2 Å². The molecular weight excluding hydrogens is 624 g/mol. The highest BCUT2D eigenvalue weighted by Crippen LogP contribution is 2.49. The summed E-state index contributed by atoms with van der Waals surface area (Å²) in [5.41, 5.74) is -2.17. The molecule has 1 amide bonds. The van der Waals surface area contributed by atoms with Crippen LogP contribution in [0.2, 0.25) is 5.02 Å². The van der Waals surface area contributed by atoms with Crippen LogP contribution >= 0.6 is 23.4 Å². The standard InChI is InChI=1S/C30H33ClF4N4O4S/c1-15-12-38(28(41)43-29(3,4)5)16(2)11-37(15)26-19-10-20(30(33,34)35)23(17-7-8-22(32)21(31)9-17)25-24(19)39(27(40)36-26)13-18(42-6)14-44-25/h7-10,15-16,18H,11-14H2,1-6H3/t15-,16+,18-/m0/s1. The molecule has 1 saturated heterocycles. The van der Waals surface area contributed by atoms with Crippen LogP contribution in [0.5, 0.6) is 0 Å². The summed E-state index contributed by atoms with van der Waals surface area (Å²) in [5.74, 6) is -0.413. The Kier molecular flexibility index (Phi) is 8.62. The lowest BCUT2D eigenvalue weighted by Gasteiger charge is -2.45. The first-order valence-corrected chi connectivity index (χ1v) is 15.4. The Bertz CT molecular complexity index is 1680. The van der Waals surface area contributed by atoms with Crippen molar-refractivity contribution in [2.24, 2.45) is 0 Å². The lowest BCUT2D eigenvalue weighted by atomic mass is 9.96. The van der Waals surface area contributed by atoms with E-state index >= 15 is 0 Å². The number of aromatic nitrogens is 2. The average Bonchev–Trinajstić information content (AvgIpc) is 3.12. The van der Waals surface area contributed by atoms with Gasteiger partial charge in [0.15, 0.2) is 0 Å². The minimum absolute atomic E-state index is 0.0642. The monoisotopic (exact) mass is 656 g/mol. The Morgan fingerprint density at radius 2 is 1.80 bits per heavy atom. The van der Waals surface area contributed by atoms with Gasteiger partial charge in [-0.3, -0.25) is 4.57 Å². The topological polar surface area (TPSA) is 76.9 Å². The molecule has 0 N–H and O–H groups in total. The smallest absolute Gasteiger partial charge is 0.417 e. The van der Waals surface area contributed by atoms with Crippen LogP contribution in [-0.4, -0.2) is 70.3 Å². The predicted octanol–water partition coefficient (Wildman–Crippen LogP) is 6.83. The van der Waals surface area contributed by atoms with E-state index in [1.807, 2.05) is 13.8 Å².